The Labute approximate surface area is 131 Å². The lowest BCUT2D eigenvalue weighted by Crippen LogP contribution is -2.52. The maximum absolute atomic E-state index is 9.91. The summed E-state index contributed by atoms with van der Waals surface area (Å²) in [6, 6.07) is 0. The molecule has 0 bridgehead atoms. The smallest absolute Gasteiger partial charge is 0.0499 e. The molecule has 124 valence electrons. The zero-order chi connectivity index (χ0) is 15.3. The van der Waals surface area contributed by atoms with Crippen LogP contribution in [0, 0.1) is 11.3 Å². The van der Waals surface area contributed by atoms with Crippen molar-refractivity contribution in [3.8, 4) is 0 Å². The molecule has 0 atom stereocenters. The third-order valence-electron chi connectivity index (χ3n) is 5.56. The molecule has 1 saturated carbocycles. The van der Waals surface area contributed by atoms with Crippen LogP contribution in [-0.4, -0.2) is 86.3 Å². The van der Waals surface area contributed by atoms with Gasteiger partial charge in [0.05, 0.1) is 0 Å². The first kappa shape index (κ1) is 17.2. The van der Waals surface area contributed by atoms with Gasteiger partial charge in [0.25, 0.3) is 0 Å². The molecule has 0 amide bonds. The van der Waals surface area contributed by atoms with E-state index in [2.05, 4.69) is 35.7 Å². The quantitative estimate of drug-likeness (QED) is 0.802. The average Bonchev–Trinajstić information content (AvgIpc) is 2.49. The van der Waals surface area contributed by atoms with Crippen LogP contribution in [0.15, 0.2) is 0 Å². The lowest BCUT2D eigenvalue weighted by atomic mass is 9.71. The Morgan fingerprint density at radius 2 is 1.62 bits per heavy atom. The second-order valence-corrected chi connectivity index (χ2v) is 7.76. The van der Waals surface area contributed by atoms with Crippen molar-refractivity contribution in [3.05, 3.63) is 0 Å². The lowest BCUT2D eigenvalue weighted by molar-refractivity contribution is 0.0126. The van der Waals surface area contributed by atoms with E-state index in [1.54, 1.807) is 0 Å². The Morgan fingerprint density at radius 1 is 1.05 bits per heavy atom. The van der Waals surface area contributed by atoms with Gasteiger partial charge in [0.2, 0.25) is 0 Å². The summed E-state index contributed by atoms with van der Waals surface area (Å²) in [4.78, 5) is 7.43. The van der Waals surface area contributed by atoms with Crippen LogP contribution in [0.2, 0.25) is 0 Å². The lowest BCUT2D eigenvalue weighted by Gasteiger charge is -2.44. The van der Waals surface area contributed by atoms with E-state index in [0.29, 0.717) is 6.61 Å². The van der Waals surface area contributed by atoms with Gasteiger partial charge in [0.1, 0.15) is 0 Å². The molecule has 2 aliphatic rings. The van der Waals surface area contributed by atoms with Crippen molar-refractivity contribution in [1.29, 1.82) is 0 Å². The Kier molecular flexibility index (Phi) is 6.48. The molecule has 2 fully saturated rings. The molecule has 4 nitrogen and oxygen atoms in total. The summed E-state index contributed by atoms with van der Waals surface area (Å²) < 4.78 is 0. The summed E-state index contributed by atoms with van der Waals surface area (Å²) in [5.74, 6) is 0.854. The zero-order valence-electron chi connectivity index (χ0n) is 14.4. The molecule has 21 heavy (non-hydrogen) atoms. The van der Waals surface area contributed by atoms with E-state index in [4.69, 9.17) is 0 Å². The number of hydrogen-bond donors (Lipinski definition) is 1. The second-order valence-electron chi connectivity index (χ2n) is 7.76. The summed E-state index contributed by atoms with van der Waals surface area (Å²) in [7, 11) is 4.29. The normalized spacial score (nSPS) is 32.7. The highest BCUT2D eigenvalue weighted by atomic mass is 16.3. The van der Waals surface area contributed by atoms with E-state index in [-0.39, 0.29) is 5.41 Å². The van der Waals surface area contributed by atoms with Gasteiger partial charge in [0, 0.05) is 57.8 Å². The van der Waals surface area contributed by atoms with Crippen LogP contribution in [0.25, 0.3) is 0 Å². The predicted molar refractivity (Wildman–Crippen MR) is 88.6 cm³/mol. The molecule has 1 heterocycles. The van der Waals surface area contributed by atoms with Crippen LogP contribution in [-0.2, 0) is 0 Å². The standard InChI is InChI=1S/C17H35N3O/c1-16-4-6-17(15-21,7-5-16)14-20-12-10-19(11-13-20)9-8-18(2)3/h16,21H,4-15H2,1-3H3. The van der Waals surface area contributed by atoms with E-state index < -0.39 is 0 Å². The average molecular weight is 297 g/mol. The maximum atomic E-state index is 9.91. The van der Waals surface area contributed by atoms with Crippen molar-refractivity contribution in [3.63, 3.8) is 0 Å². The molecule has 1 aliphatic heterocycles. The molecule has 0 aromatic carbocycles. The van der Waals surface area contributed by atoms with E-state index >= 15 is 0 Å². The molecule has 1 N–H and O–H groups in total. The predicted octanol–water partition coefficient (Wildman–Crippen LogP) is 1.35. The van der Waals surface area contributed by atoms with Crippen molar-refractivity contribution in [1.82, 2.24) is 14.7 Å². The Hall–Kier alpha value is -0.160. The number of likely N-dealkylation sites (N-methyl/N-ethyl adjacent to an activating group) is 1. The molecule has 1 saturated heterocycles. The molecule has 1 aliphatic carbocycles. The fourth-order valence-corrected chi connectivity index (χ4v) is 3.73. The SMILES string of the molecule is CC1CCC(CO)(CN2CCN(CCN(C)C)CC2)CC1. The minimum atomic E-state index is 0.193. The molecular weight excluding hydrogens is 262 g/mol. The van der Waals surface area contributed by atoms with E-state index in [9.17, 15) is 5.11 Å². The van der Waals surface area contributed by atoms with Gasteiger partial charge in [-0.2, -0.15) is 0 Å². The highest BCUT2D eigenvalue weighted by Crippen LogP contribution is 2.39. The zero-order valence-corrected chi connectivity index (χ0v) is 14.4. The molecule has 2 rings (SSSR count). The van der Waals surface area contributed by atoms with Gasteiger partial charge >= 0.3 is 0 Å². The Balaban J connectivity index is 1.74. The van der Waals surface area contributed by atoms with Gasteiger partial charge in [0.15, 0.2) is 0 Å². The van der Waals surface area contributed by atoms with Gasteiger partial charge in [-0.05, 0) is 32.9 Å². The van der Waals surface area contributed by atoms with Crippen molar-refractivity contribution in [2.45, 2.75) is 32.6 Å². The summed E-state index contributed by atoms with van der Waals surface area (Å²) in [6.45, 7) is 10.9. The second kappa shape index (κ2) is 7.91. The van der Waals surface area contributed by atoms with Crippen LogP contribution in [0.5, 0.6) is 0 Å². The molecule has 0 aromatic rings. The van der Waals surface area contributed by atoms with Gasteiger partial charge in [-0.1, -0.05) is 19.8 Å². The van der Waals surface area contributed by atoms with Crippen molar-refractivity contribution >= 4 is 0 Å². The van der Waals surface area contributed by atoms with E-state index in [1.807, 2.05) is 0 Å². The summed E-state index contributed by atoms with van der Waals surface area (Å²) in [5.41, 5.74) is 0.193. The topological polar surface area (TPSA) is 30.0 Å². The fourth-order valence-electron chi connectivity index (χ4n) is 3.73. The largest absolute Gasteiger partial charge is 0.396 e. The number of hydrogen-bond acceptors (Lipinski definition) is 4. The Bertz CT molecular complexity index is 292. The molecule has 0 radical (unpaired) electrons. The molecule has 4 heteroatoms. The Morgan fingerprint density at radius 3 is 2.14 bits per heavy atom. The number of piperazine rings is 1. The third-order valence-corrected chi connectivity index (χ3v) is 5.56. The van der Waals surface area contributed by atoms with Crippen molar-refractivity contribution in [2.24, 2.45) is 11.3 Å². The number of rotatable bonds is 6. The minimum Gasteiger partial charge on any atom is -0.396 e. The summed E-state index contributed by atoms with van der Waals surface area (Å²) in [5, 5.41) is 9.91. The third kappa shape index (κ3) is 5.20. The van der Waals surface area contributed by atoms with Gasteiger partial charge < -0.3 is 14.9 Å². The molecule has 0 unspecified atom stereocenters. The van der Waals surface area contributed by atoms with E-state index in [1.165, 1.54) is 58.4 Å². The summed E-state index contributed by atoms with van der Waals surface area (Å²) in [6.07, 6.45) is 5.02. The van der Waals surface area contributed by atoms with Gasteiger partial charge in [-0.25, -0.2) is 0 Å². The van der Waals surface area contributed by atoms with Crippen molar-refractivity contribution < 1.29 is 5.11 Å². The van der Waals surface area contributed by atoms with Crippen LogP contribution in [0.3, 0.4) is 0 Å². The van der Waals surface area contributed by atoms with Crippen LogP contribution in [0.4, 0.5) is 0 Å². The molecule has 0 spiro atoms. The van der Waals surface area contributed by atoms with E-state index in [0.717, 1.165) is 19.0 Å². The van der Waals surface area contributed by atoms with Gasteiger partial charge in [-0.15, -0.1) is 0 Å². The highest BCUT2D eigenvalue weighted by Gasteiger charge is 2.35. The summed E-state index contributed by atoms with van der Waals surface area (Å²) >= 11 is 0. The molecule has 0 aromatic heterocycles. The first-order chi connectivity index (χ1) is 10.0. The van der Waals surface area contributed by atoms with Crippen molar-refractivity contribution in [2.75, 3.05) is 66.5 Å². The first-order valence-electron chi connectivity index (χ1n) is 8.73. The monoisotopic (exact) mass is 297 g/mol. The van der Waals surface area contributed by atoms with Crippen LogP contribution >= 0.6 is 0 Å². The van der Waals surface area contributed by atoms with Crippen LogP contribution in [0.1, 0.15) is 32.6 Å². The minimum absolute atomic E-state index is 0.193. The maximum Gasteiger partial charge on any atom is 0.0499 e. The molecular formula is C17H35N3O. The van der Waals surface area contributed by atoms with Gasteiger partial charge in [-0.3, -0.25) is 4.90 Å². The first-order valence-corrected chi connectivity index (χ1v) is 8.73. The fraction of sp³-hybridized carbons (Fsp3) is 1.00. The number of aliphatic hydroxyl groups excluding tert-OH is 1. The highest BCUT2D eigenvalue weighted by molar-refractivity contribution is 4.88. The number of nitrogens with zero attached hydrogens (tertiary/aromatic N) is 3. The van der Waals surface area contributed by atoms with Crippen LogP contribution < -0.4 is 0 Å². The number of aliphatic hydroxyl groups is 1.